The summed E-state index contributed by atoms with van der Waals surface area (Å²) in [5, 5.41) is 23.6. The largest absolute Gasteiger partial charge is 2.00 e. The molecule has 8 heteroatoms. The Morgan fingerprint density at radius 2 is 1.42 bits per heavy atom. The summed E-state index contributed by atoms with van der Waals surface area (Å²) in [4.78, 5) is 20.2. The molecule has 1 aliphatic rings. The second kappa shape index (κ2) is 7.50. The van der Waals surface area contributed by atoms with E-state index in [1.54, 1.807) is 0 Å². The van der Waals surface area contributed by atoms with Gasteiger partial charge in [-0.15, -0.1) is 0 Å². The molecule has 0 aliphatic carbocycles. The first-order valence-corrected chi connectivity index (χ1v) is 2.89. The first-order chi connectivity index (χ1) is 5.02. The zero-order chi connectivity index (χ0) is 8.85. The van der Waals surface area contributed by atoms with E-state index >= 15 is 0 Å². The van der Waals surface area contributed by atoms with Gasteiger partial charge in [0.15, 0.2) is 0 Å². The molecule has 0 saturated carbocycles. The summed E-state index contributed by atoms with van der Waals surface area (Å²) < 4.78 is 0. The summed E-state index contributed by atoms with van der Waals surface area (Å²) in [5.74, 6) is -0.296. The summed E-state index contributed by atoms with van der Waals surface area (Å²) in [6.07, 6.45) is 0.748. The standard InChI is InChI=1S/C4H5NO2.BH3O3.Mg.2H/c6-3-1-2-4(7)5-3;2-1(3)4;;;/h1-2H2,(H,5,6,7);2-4H;;;/q;;+2;2*-1. The van der Waals surface area contributed by atoms with Gasteiger partial charge in [0.25, 0.3) is 0 Å². The molecule has 0 spiro atoms. The number of amides is 2. The van der Waals surface area contributed by atoms with E-state index in [9.17, 15) is 9.59 Å². The Labute approximate surface area is 88.3 Å². The molecule has 0 bridgehead atoms. The smallest absolute Gasteiger partial charge is 1.00 e. The third-order valence-electron chi connectivity index (χ3n) is 0.858. The average molecular weight is 187 g/mol. The third kappa shape index (κ3) is 9.85. The molecule has 0 aromatic carbocycles. The van der Waals surface area contributed by atoms with Gasteiger partial charge in [0.05, 0.1) is 0 Å². The van der Waals surface area contributed by atoms with Gasteiger partial charge in [-0.3, -0.25) is 14.9 Å². The van der Waals surface area contributed by atoms with Gasteiger partial charge in [-0.2, -0.15) is 0 Å². The maximum absolute atomic E-state index is 10.1. The van der Waals surface area contributed by atoms with Crippen LogP contribution in [-0.4, -0.2) is 57.3 Å². The summed E-state index contributed by atoms with van der Waals surface area (Å²) >= 11 is 0. The Morgan fingerprint density at radius 1 is 1.17 bits per heavy atom. The van der Waals surface area contributed by atoms with Crippen LogP contribution in [-0.2, 0) is 9.59 Å². The van der Waals surface area contributed by atoms with Gasteiger partial charge in [0.2, 0.25) is 11.8 Å². The van der Waals surface area contributed by atoms with E-state index in [0.29, 0.717) is 12.8 Å². The molecular formula is C4H10BMgNO5. The summed E-state index contributed by atoms with van der Waals surface area (Å²) in [7, 11) is -2.17. The van der Waals surface area contributed by atoms with E-state index in [-0.39, 0.29) is 37.7 Å². The molecule has 6 nitrogen and oxygen atoms in total. The van der Waals surface area contributed by atoms with E-state index in [1.165, 1.54) is 0 Å². The van der Waals surface area contributed by atoms with E-state index in [1.807, 2.05) is 0 Å². The van der Waals surface area contributed by atoms with Crippen molar-refractivity contribution < 1.29 is 27.5 Å². The SMILES string of the molecule is O=C1CCC(=O)N1.OB(O)O.[H-].[H-].[Mg+2]. The quantitative estimate of drug-likeness (QED) is 0.242. The maximum Gasteiger partial charge on any atom is 2.00 e. The molecule has 4 N–H and O–H groups in total. The maximum atomic E-state index is 10.1. The summed E-state index contributed by atoms with van der Waals surface area (Å²) in [6.45, 7) is 0. The van der Waals surface area contributed by atoms with E-state index in [4.69, 9.17) is 15.1 Å². The number of hydrogen-bond donors (Lipinski definition) is 4. The van der Waals surface area contributed by atoms with Gasteiger partial charge in [-0.1, -0.05) is 0 Å². The zero-order valence-corrected chi connectivity index (χ0v) is 7.77. The predicted octanol–water partition coefficient (Wildman–Crippen LogP) is -2.78. The summed E-state index contributed by atoms with van der Waals surface area (Å²) in [5.41, 5.74) is 0. The van der Waals surface area contributed by atoms with Gasteiger partial charge in [0.1, 0.15) is 0 Å². The van der Waals surface area contributed by atoms with Crippen molar-refractivity contribution in [2.24, 2.45) is 0 Å². The Bertz CT molecular complexity index is 155. The molecule has 1 aliphatic heterocycles. The van der Waals surface area contributed by atoms with Gasteiger partial charge < -0.3 is 17.9 Å². The van der Waals surface area contributed by atoms with Crippen LogP contribution in [0.4, 0.5) is 0 Å². The number of imide groups is 1. The van der Waals surface area contributed by atoms with Gasteiger partial charge in [-0.25, -0.2) is 0 Å². The topological polar surface area (TPSA) is 107 Å². The van der Waals surface area contributed by atoms with Crippen molar-refractivity contribution in [2.45, 2.75) is 12.8 Å². The molecule has 0 aromatic heterocycles. The second-order valence-corrected chi connectivity index (χ2v) is 1.82. The van der Waals surface area contributed by atoms with Gasteiger partial charge >= 0.3 is 30.4 Å². The normalized spacial score (nSPS) is 13.9. The molecule has 0 unspecified atom stereocenters. The molecule has 1 heterocycles. The molecule has 1 rings (SSSR count). The van der Waals surface area contributed by atoms with E-state index in [0.717, 1.165) is 0 Å². The molecular weight excluding hydrogens is 177 g/mol. The Kier molecular flexibility index (Phi) is 8.98. The first kappa shape index (κ1) is 14.4. The number of carbonyl (C=O) groups is 2. The van der Waals surface area contributed by atoms with Crippen LogP contribution in [0.15, 0.2) is 0 Å². The van der Waals surface area contributed by atoms with E-state index in [2.05, 4.69) is 5.32 Å². The fourth-order valence-corrected chi connectivity index (χ4v) is 0.508. The number of rotatable bonds is 0. The third-order valence-corrected chi connectivity index (χ3v) is 0.858. The van der Waals surface area contributed by atoms with Crippen molar-refractivity contribution in [3.8, 4) is 0 Å². The van der Waals surface area contributed by atoms with Crippen LogP contribution in [0.5, 0.6) is 0 Å². The van der Waals surface area contributed by atoms with Crippen molar-refractivity contribution in [3.05, 3.63) is 0 Å². The van der Waals surface area contributed by atoms with Crippen LogP contribution in [0.2, 0.25) is 0 Å². The average Bonchev–Trinajstić information content (AvgIpc) is 2.13. The molecule has 66 valence electrons. The zero-order valence-electron chi connectivity index (χ0n) is 8.36. The first-order valence-electron chi connectivity index (χ1n) is 2.89. The monoisotopic (exact) mass is 187 g/mol. The van der Waals surface area contributed by atoms with E-state index < -0.39 is 7.32 Å². The number of hydrogen-bond acceptors (Lipinski definition) is 5. The van der Waals surface area contributed by atoms with Crippen molar-refractivity contribution in [2.75, 3.05) is 0 Å². The van der Waals surface area contributed by atoms with Crippen molar-refractivity contribution in [3.63, 3.8) is 0 Å². The molecule has 0 aromatic rings. The van der Waals surface area contributed by atoms with Crippen LogP contribution < -0.4 is 5.32 Å². The van der Waals surface area contributed by atoms with Crippen LogP contribution in [0, 0.1) is 0 Å². The van der Waals surface area contributed by atoms with Crippen LogP contribution in [0.3, 0.4) is 0 Å². The molecule has 1 saturated heterocycles. The molecule has 12 heavy (non-hydrogen) atoms. The second-order valence-electron chi connectivity index (χ2n) is 1.82. The fourth-order valence-electron chi connectivity index (χ4n) is 0.508. The molecule has 0 atom stereocenters. The molecule has 2 amide bonds. The van der Waals surface area contributed by atoms with Gasteiger partial charge in [-0.05, 0) is 0 Å². The molecule has 0 radical (unpaired) electrons. The van der Waals surface area contributed by atoms with Crippen LogP contribution in [0.1, 0.15) is 15.7 Å². The minimum atomic E-state index is -2.17. The Morgan fingerprint density at radius 3 is 1.50 bits per heavy atom. The van der Waals surface area contributed by atoms with Gasteiger partial charge in [0, 0.05) is 12.8 Å². The number of nitrogens with one attached hydrogen (secondary N) is 1. The minimum absolute atomic E-state index is 0. The van der Waals surface area contributed by atoms with Crippen LogP contribution >= 0.6 is 0 Å². The van der Waals surface area contributed by atoms with Crippen molar-refractivity contribution in [1.82, 2.24) is 5.32 Å². The number of carbonyl (C=O) groups excluding carboxylic acids is 2. The van der Waals surface area contributed by atoms with Crippen molar-refractivity contribution in [1.29, 1.82) is 0 Å². The minimum Gasteiger partial charge on any atom is -1.00 e. The fraction of sp³-hybridized carbons (Fsp3) is 0.500. The van der Waals surface area contributed by atoms with Crippen molar-refractivity contribution >= 4 is 42.2 Å². The van der Waals surface area contributed by atoms with Crippen LogP contribution in [0.25, 0.3) is 0 Å². The molecule has 1 fully saturated rings. The Balaban J connectivity index is -0.0000000650. The predicted molar refractivity (Wildman–Crippen MR) is 42.8 cm³/mol. The Hall–Kier alpha value is -0.149. The summed E-state index contributed by atoms with van der Waals surface area (Å²) in [6, 6.07) is 0.